The van der Waals surface area contributed by atoms with Crippen molar-refractivity contribution in [3.63, 3.8) is 0 Å². The molecule has 2 heterocycles. The lowest BCUT2D eigenvalue weighted by Gasteiger charge is -2.22. The fraction of sp³-hybridized carbons (Fsp3) is 0.600. The summed E-state index contributed by atoms with van der Waals surface area (Å²) in [7, 11) is 0. The lowest BCUT2D eigenvalue weighted by molar-refractivity contribution is -0.137. The Hall–Kier alpha value is -2.38. The first-order valence-electron chi connectivity index (χ1n) is 12.0. The molecule has 5 N–H and O–H groups in total. The van der Waals surface area contributed by atoms with Crippen molar-refractivity contribution < 1.29 is 19.8 Å². The fourth-order valence-corrected chi connectivity index (χ4v) is 4.66. The number of piperidine rings is 1. The number of carboxylic acid groups (broad SMARTS) is 1. The van der Waals surface area contributed by atoms with Gasteiger partial charge in [0.2, 0.25) is 5.91 Å². The second kappa shape index (κ2) is 12.6. The summed E-state index contributed by atoms with van der Waals surface area (Å²) >= 11 is 0. The van der Waals surface area contributed by atoms with Gasteiger partial charge in [0, 0.05) is 29.6 Å². The van der Waals surface area contributed by atoms with Gasteiger partial charge in [0.15, 0.2) is 0 Å². The molecule has 1 fully saturated rings. The van der Waals surface area contributed by atoms with Crippen molar-refractivity contribution in [3.8, 4) is 0 Å². The molecule has 2 atom stereocenters. The molecule has 1 amide bonds. The highest BCUT2D eigenvalue weighted by atomic mass is 16.4. The molecule has 1 aliphatic heterocycles. The number of amides is 1. The van der Waals surface area contributed by atoms with Crippen molar-refractivity contribution in [1.29, 1.82) is 0 Å². The number of para-hydroxylation sites is 1. The third-order valence-corrected chi connectivity index (χ3v) is 6.54. The minimum absolute atomic E-state index is 0.104. The number of nitrogens with one attached hydrogen (secondary N) is 3. The van der Waals surface area contributed by atoms with Gasteiger partial charge >= 0.3 is 5.97 Å². The zero-order chi connectivity index (χ0) is 22.8. The molecular weight excluding hydrogens is 406 g/mol. The van der Waals surface area contributed by atoms with Crippen LogP contribution < -0.4 is 10.6 Å². The van der Waals surface area contributed by atoms with Gasteiger partial charge in [-0.25, -0.2) is 0 Å². The average Bonchev–Trinajstić information content (AvgIpc) is 3.19. The zero-order valence-corrected chi connectivity index (χ0v) is 18.8. The van der Waals surface area contributed by atoms with Crippen LogP contribution in [0.15, 0.2) is 30.5 Å². The predicted octanol–water partition coefficient (Wildman–Crippen LogP) is 3.37. The summed E-state index contributed by atoms with van der Waals surface area (Å²) in [5, 5.41) is 26.9. The average molecular weight is 444 g/mol. The first kappa shape index (κ1) is 24.3. The summed E-state index contributed by atoms with van der Waals surface area (Å²) in [6, 6.07) is 7.57. The quantitative estimate of drug-likeness (QED) is 0.326. The molecule has 3 rings (SSSR count). The number of H-pyrrole nitrogens is 1. The molecule has 7 heteroatoms. The van der Waals surface area contributed by atoms with Crippen molar-refractivity contribution in [2.75, 3.05) is 13.1 Å². The van der Waals surface area contributed by atoms with Crippen LogP contribution in [0.5, 0.6) is 0 Å². The second-order valence-electron chi connectivity index (χ2n) is 9.08. The highest BCUT2D eigenvalue weighted by molar-refractivity contribution is 5.83. The maximum atomic E-state index is 12.4. The Kier molecular flexibility index (Phi) is 9.56. The van der Waals surface area contributed by atoms with Gasteiger partial charge in [-0.3, -0.25) is 9.59 Å². The smallest absolute Gasteiger partial charge is 0.305 e. The number of carboxylic acids is 1. The van der Waals surface area contributed by atoms with E-state index in [1.807, 2.05) is 30.5 Å². The molecule has 2 aromatic rings. The zero-order valence-electron chi connectivity index (χ0n) is 18.8. The number of aliphatic hydroxyl groups excluding tert-OH is 1. The normalized spacial score (nSPS) is 16.7. The molecule has 1 unspecified atom stereocenters. The molecule has 7 nitrogen and oxygen atoms in total. The first-order chi connectivity index (χ1) is 15.5. The number of fused-ring (bicyclic) bond motifs is 1. The monoisotopic (exact) mass is 443 g/mol. The molecule has 0 radical (unpaired) electrons. The van der Waals surface area contributed by atoms with Gasteiger partial charge in [0.25, 0.3) is 0 Å². The molecule has 32 heavy (non-hydrogen) atoms. The number of benzene rings is 1. The number of aliphatic carboxylic acids is 1. The van der Waals surface area contributed by atoms with E-state index in [0.717, 1.165) is 54.7 Å². The highest BCUT2D eigenvalue weighted by Crippen LogP contribution is 2.21. The summed E-state index contributed by atoms with van der Waals surface area (Å²) in [5.74, 6) is -0.361. The number of hydrogen-bond acceptors (Lipinski definition) is 4. The number of hydrogen-bond donors (Lipinski definition) is 5. The summed E-state index contributed by atoms with van der Waals surface area (Å²) < 4.78 is 0. The van der Waals surface area contributed by atoms with E-state index in [0.29, 0.717) is 19.3 Å². The van der Waals surface area contributed by atoms with Crippen LogP contribution in [0.1, 0.15) is 63.4 Å². The van der Waals surface area contributed by atoms with Crippen LogP contribution in [0.3, 0.4) is 0 Å². The fourth-order valence-electron chi connectivity index (χ4n) is 4.66. The van der Waals surface area contributed by atoms with E-state index >= 15 is 0 Å². The summed E-state index contributed by atoms with van der Waals surface area (Å²) in [6.45, 7) is 2.18. The minimum Gasteiger partial charge on any atom is -0.481 e. The van der Waals surface area contributed by atoms with E-state index in [1.54, 1.807) is 0 Å². The van der Waals surface area contributed by atoms with Crippen LogP contribution in [0.4, 0.5) is 0 Å². The van der Waals surface area contributed by atoms with E-state index in [-0.39, 0.29) is 18.7 Å². The van der Waals surface area contributed by atoms with Crippen LogP contribution in [-0.4, -0.2) is 52.3 Å². The second-order valence-corrected chi connectivity index (χ2v) is 9.08. The lowest BCUT2D eigenvalue weighted by atomic mass is 9.91. The van der Waals surface area contributed by atoms with Crippen LogP contribution in [-0.2, 0) is 16.0 Å². The molecule has 1 aromatic carbocycles. The van der Waals surface area contributed by atoms with Crippen molar-refractivity contribution in [3.05, 3.63) is 36.0 Å². The topological polar surface area (TPSA) is 114 Å². The molecule has 1 saturated heterocycles. The molecular formula is C25H37N3O4. The van der Waals surface area contributed by atoms with Gasteiger partial charge in [-0.05, 0) is 69.2 Å². The van der Waals surface area contributed by atoms with Crippen LogP contribution in [0.25, 0.3) is 10.9 Å². The third kappa shape index (κ3) is 7.95. The molecule has 0 bridgehead atoms. The van der Waals surface area contributed by atoms with Gasteiger partial charge in [0.05, 0.1) is 12.5 Å². The Balaban J connectivity index is 1.39. The Bertz CT molecular complexity index is 860. The SMILES string of the molecule is O=C(O)C[C@@H](CCc1c[nH]c2ccccc12)NC(=O)CCC(O)CCCC1CCNCC1. The molecule has 0 spiro atoms. The van der Waals surface area contributed by atoms with Gasteiger partial charge < -0.3 is 25.8 Å². The molecule has 0 saturated carbocycles. The lowest BCUT2D eigenvalue weighted by Crippen LogP contribution is -2.37. The van der Waals surface area contributed by atoms with Gasteiger partial charge in [0.1, 0.15) is 0 Å². The molecule has 1 aliphatic rings. The third-order valence-electron chi connectivity index (χ3n) is 6.54. The number of aromatic nitrogens is 1. The highest BCUT2D eigenvalue weighted by Gasteiger charge is 2.18. The maximum absolute atomic E-state index is 12.4. The number of aryl methyl sites for hydroxylation is 1. The van der Waals surface area contributed by atoms with E-state index in [1.165, 1.54) is 12.8 Å². The first-order valence-corrected chi connectivity index (χ1v) is 12.0. The minimum atomic E-state index is -0.924. The van der Waals surface area contributed by atoms with Crippen molar-refractivity contribution in [2.45, 2.75) is 76.4 Å². The van der Waals surface area contributed by atoms with Gasteiger partial charge in [-0.1, -0.05) is 31.0 Å². The molecule has 0 aliphatic carbocycles. The van der Waals surface area contributed by atoms with Crippen molar-refractivity contribution in [2.24, 2.45) is 5.92 Å². The largest absolute Gasteiger partial charge is 0.481 e. The summed E-state index contributed by atoms with van der Waals surface area (Å²) in [6.07, 6.45) is 8.50. The van der Waals surface area contributed by atoms with Crippen LogP contribution in [0.2, 0.25) is 0 Å². The van der Waals surface area contributed by atoms with E-state index < -0.39 is 18.1 Å². The van der Waals surface area contributed by atoms with E-state index in [4.69, 9.17) is 0 Å². The number of carbonyl (C=O) groups is 2. The summed E-state index contributed by atoms with van der Waals surface area (Å²) in [5.41, 5.74) is 2.17. The van der Waals surface area contributed by atoms with Crippen LogP contribution in [0, 0.1) is 5.92 Å². The maximum Gasteiger partial charge on any atom is 0.305 e. The Morgan fingerprint density at radius 2 is 1.91 bits per heavy atom. The number of aliphatic hydroxyl groups is 1. The van der Waals surface area contributed by atoms with Crippen molar-refractivity contribution >= 4 is 22.8 Å². The van der Waals surface area contributed by atoms with Crippen LogP contribution >= 0.6 is 0 Å². The number of rotatable bonds is 13. The Labute approximate surface area is 190 Å². The Morgan fingerprint density at radius 1 is 1.12 bits per heavy atom. The van der Waals surface area contributed by atoms with Gasteiger partial charge in [-0.15, -0.1) is 0 Å². The number of aromatic amines is 1. The standard InChI is InChI=1S/C25H37N3O4/c29-21(5-3-4-18-12-14-26-15-13-18)10-11-24(30)28-20(16-25(31)32)9-8-19-17-27-23-7-2-1-6-22(19)23/h1-2,6-7,17-18,20-21,26-27,29H,3-5,8-16H2,(H,28,30)(H,31,32)/t20-,21?/m1/s1. The van der Waals surface area contributed by atoms with Gasteiger partial charge in [-0.2, -0.15) is 0 Å². The number of carbonyl (C=O) groups excluding carboxylic acids is 1. The van der Waals surface area contributed by atoms with E-state index in [9.17, 15) is 19.8 Å². The van der Waals surface area contributed by atoms with E-state index in [2.05, 4.69) is 15.6 Å². The molecule has 1 aromatic heterocycles. The summed E-state index contributed by atoms with van der Waals surface area (Å²) in [4.78, 5) is 26.9. The predicted molar refractivity (Wildman–Crippen MR) is 125 cm³/mol. The Morgan fingerprint density at radius 3 is 2.69 bits per heavy atom. The van der Waals surface area contributed by atoms with Crippen molar-refractivity contribution in [1.82, 2.24) is 15.6 Å². The molecule has 176 valence electrons.